The zero-order valence-electron chi connectivity index (χ0n) is 17.3. The smallest absolute Gasteiger partial charge is 0.242 e. The second kappa shape index (κ2) is 12.3. The number of benzene rings is 2. The maximum Gasteiger partial charge on any atom is 0.242 e. The summed E-state index contributed by atoms with van der Waals surface area (Å²) in [6.45, 7) is 6.29. The van der Waals surface area contributed by atoms with Gasteiger partial charge in [-0.1, -0.05) is 29.8 Å². The molecule has 2 aromatic carbocycles. The molecule has 0 aliphatic heterocycles. The number of rotatable bonds is 10. The number of ether oxygens (including phenoxy) is 2. The van der Waals surface area contributed by atoms with E-state index in [0.29, 0.717) is 32.2 Å². The fourth-order valence-corrected chi connectivity index (χ4v) is 2.47. The minimum atomic E-state index is -0.145. The quantitative estimate of drug-likeness (QED) is 0.325. The van der Waals surface area contributed by atoms with Crippen molar-refractivity contribution in [2.45, 2.75) is 20.4 Å². The Labute approximate surface area is 172 Å². The minimum absolute atomic E-state index is 0.0459. The molecule has 0 aliphatic carbocycles. The van der Waals surface area contributed by atoms with Crippen LogP contribution in [0.2, 0.25) is 0 Å². The van der Waals surface area contributed by atoms with Crippen LogP contribution in [0.4, 0.5) is 0 Å². The Morgan fingerprint density at radius 3 is 2.31 bits per heavy atom. The monoisotopic (exact) mass is 398 g/mol. The molecular formula is C22H30N4O3. The highest BCUT2D eigenvalue weighted by Gasteiger charge is 2.03. The van der Waals surface area contributed by atoms with Gasteiger partial charge in [0.05, 0.1) is 13.7 Å². The standard InChI is InChI=1S/C22H30N4O3/c1-4-23-22(24-13-14-29-20-9-5-17(2)6-10-20)26-16-21(27)25-15-18-7-11-19(28-3)12-8-18/h5-12H,4,13-16H2,1-3H3,(H,25,27)(H2,23,24,26). The third-order valence-corrected chi connectivity index (χ3v) is 4.06. The zero-order chi connectivity index (χ0) is 20.9. The van der Waals surface area contributed by atoms with Gasteiger partial charge in [0.1, 0.15) is 24.7 Å². The van der Waals surface area contributed by atoms with Crippen LogP contribution in [-0.2, 0) is 11.3 Å². The number of nitrogens with zero attached hydrogens (tertiary/aromatic N) is 1. The summed E-state index contributed by atoms with van der Waals surface area (Å²) in [4.78, 5) is 16.4. The van der Waals surface area contributed by atoms with Gasteiger partial charge < -0.3 is 25.4 Å². The van der Waals surface area contributed by atoms with Crippen molar-refractivity contribution in [1.82, 2.24) is 16.0 Å². The van der Waals surface area contributed by atoms with Crippen molar-refractivity contribution in [3.05, 3.63) is 59.7 Å². The normalized spacial score (nSPS) is 10.9. The molecule has 0 bridgehead atoms. The lowest BCUT2D eigenvalue weighted by Crippen LogP contribution is -2.40. The van der Waals surface area contributed by atoms with Crippen LogP contribution in [0.25, 0.3) is 0 Å². The summed E-state index contributed by atoms with van der Waals surface area (Å²) in [6, 6.07) is 15.5. The first-order valence-corrected chi connectivity index (χ1v) is 9.72. The highest BCUT2D eigenvalue weighted by atomic mass is 16.5. The average Bonchev–Trinajstić information content (AvgIpc) is 2.75. The van der Waals surface area contributed by atoms with Crippen molar-refractivity contribution in [2.75, 3.05) is 33.4 Å². The van der Waals surface area contributed by atoms with Crippen molar-refractivity contribution >= 4 is 11.9 Å². The van der Waals surface area contributed by atoms with Gasteiger partial charge >= 0.3 is 0 Å². The van der Waals surface area contributed by atoms with Gasteiger partial charge in [-0.2, -0.15) is 0 Å². The second-order valence-electron chi connectivity index (χ2n) is 6.41. The molecule has 7 nitrogen and oxygen atoms in total. The summed E-state index contributed by atoms with van der Waals surface area (Å²) in [5.74, 6) is 2.06. The molecule has 0 unspecified atom stereocenters. The topological polar surface area (TPSA) is 84.0 Å². The third-order valence-electron chi connectivity index (χ3n) is 4.06. The van der Waals surface area contributed by atoms with Crippen molar-refractivity contribution < 1.29 is 14.3 Å². The summed E-state index contributed by atoms with van der Waals surface area (Å²) < 4.78 is 10.8. The number of hydrogen-bond acceptors (Lipinski definition) is 4. The van der Waals surface area contributed by atoms with E-state index in [9.17, 15) is 4.79 Å². The summed E-state index contributed by atoms with van der Waals surface area (Å²) in [5, 5.41) is 9.14. The molecule has 0 fully saturated rings. The highest BCUT2D eigenvalue weighted by Crippen LogP contribution is 2.11. The van der Waals surface area contributed by atoms with E-state index in [1.165, 1.54) is 5.56 Å². The molecule has 0 saturated carbocycles. The first-order valence-electron chi connectivity index (χ1n) is 9.72. The Bertz CT molecular complexity index is 774. The molecule has 3 N–H and O–H groups in total. The van der Waals surface area contributed by atoms with Gasteiger partial charge in [-0.3, -0.25) is 4.79 Å². The van der Waals surface area contributed by atoms with Gasteiger partial charge in [0, 0.05) is 13.1 Å². The van der Waals surface area contributed by atoms with Crippen LogP contribution in [0, 0.1) is 6.92 Å². The van der Waals surface area contributed by atoms with E-state index in [1.807, 2.05) is 62.4 Å². The molecule has 0 heterocycles. The summed E-state index contributed by atoms with van der Waals surface area (Å²) >= 11 is 0. The lowest BCUT2D eigenvalue weighted by Gasteiger charge is -2.12. The van der Waals surface area contributed by atoms with Crippen molar-refractivity contribution in [3.8, 4) is 11.5 Å². The third kappa shape index (κ3) is 8.55. The van der Waals surface area contributed by atoms with Crippen molar-refractivity contribution in [3.63, 3.8) is 0 Å². The number of carbonyl (C=O) groups is 1. The molecule has 0 atom stereocenters. The highest BCUT2D eigenvalue weighted by molar-refractivity contribution is 5.84. The number of aryl methyl sites for hydroxylation is 1. The molecule has 0 aromatic heterocycles. The molecule has 2 rings (SSSR count). The van der Waals surface area contributed by atoms with E-state index >= 15 is 0 Å². The Balaban J connectivity index is 1.71. The van der Waals surface area contributed by atoms with Gasteiger partial charge in [0.15, 0.2) is 5.96 Å². The summed E-state index contributed by atoms with van der Waals surface area (Å²) in [5.41, 5.74) is 2.20. The van der Waals surface area contributed by atoms with E-state index in [2.05, 4.69) is 20.9 Å². The molecule has 156 valence electrons. The molecule has 0 aliphatic rings. The zero-order valence-corrected chi connectivity index (χ0v) is 17.3. The van der Waals surface area contributed by atoms with Gasteiger partial charge in [0.25, 0.3) is 0 Å². The maximum absolute atomic E-state index is 12.1. The number of methoxy groups -OCH3 is 1. The van der Waals surface area contributed by atoms with Crippen LogP contribution < -0.4 is 25.4 Å². The Hall–Kier alpha value is -3.22. The SMILES string of the molecule is CCNC(=NCC(=O)NCc1ccc(OC)cc1)NCCOc1ccc(C)cc1. The molecule has 0 spiro atoms. The van der Waals surface area contributed by atoms with Crippen molar-refractivity contribution in [1.29, 1.82) is 0 Å². The number of nitrogens with one attached hydrogen (secondary N) is 3. The van der Waals surface area contributed by atoms with E-state index in [1.54, 1.807) is 7.11 Å². The number of hydrogen-bond donors (Lipinski definition) is 3. The van der Waals surface area contributed by atoms with Crippen LogP contribution in [0.15, 0.2) is 53.5 Å². The molecular weight excluding hydrogens is 368 g/mol. The lowest BCUT2D eigenvalue weighted by atomic mass is 10.2. The number of carbonyl (C=O) groups excluding carboxylic acids is 1. The van der Waals surface area contributed by atoms with Crippen LogP contribution >= 0.6 is 0 Å². The minimum Gasteiger partial charge on any atom is -0.497 e. The van der Waals surface area contributed by atoms with Gasteiger partial charge in [0.2, 0.25) is 5.91 Å². The molecule has 7 heteroatoms. The van der Waals surface area contributed by atoms with Crippen LogP contribution in [0.1, 0.15) is 18.1 Å². The summed E-state index contributed by atoms with van der Waals surface area (Å²) in [6.07, 6.45) is 0. The number of amides is 1. The van der Waals surface area contributed by atoms with Gasteiger partial charge in [-0.25, -0.2) is 4.99 Å². The largest absolute Gasteiger partial charge is 0.497 e. The summed E-state index contributed by atoms with van der Waals surface area (Å²) in [7, 11) is 1.62. The molecule has 0 saturated heterocycles. The average molecular weight is 399 g/mol. The molecule has 29 heavy (non-hydrogen) atoms. The molecule has 2 aromatic rings. The lowest BCUT2D eigenvalue weighted by molar-refractivity contribution is -0.119. The van der Waals surface area contributed by atoms with Gasteiger partial charge in [-0.05, 0) is 43.7 Å². The van der Waals surface area contributed by atoms with Crippen LogP contribution in [-0.4, -0.2) is 45.2 Å². The first kappa shape index (κ1) is 22.1. The Morgan fingerprint density at radius 1 is 0.966 bits per heavy atom. The van der Waals surface area contributed by atoms with Gasteiger partial charge in [-0.15, -0.1) is 0 Å². The Morgan fingerprint density at radius 2 is 1.66 bits per heavy atom. The predicted octanol–water partition coefficient (Wildman–Crippen LogP) is 2.25. The first-order chi connectivity index (χ1) is 14.1. The molecule has 0 radical (unpaired) electrons. The maximum atomic E-state index is 12.1. The number of guanidine groups is 1. The second-order valence-corrected chi connectivity index (χ2v) is 6.41. The molecule has 1 amide bonds. The van der Waals surface area contributed by atoms with Crippen LogP contribution in [0.5, 0.6) is 11.5 Å². The van der Waals surface area contributed by atoms with E-state index < -0.39 is 0 Å². The van der Waals surface area contributed by atoms with Crippen molar-refractivity contribution in [2.24, 2.45) is 4.99 Å². The van der Waals surface area contributed by atoms with Crippen LogP contribution in [0.3, 0.4) is 0 Å². The van der Waals surface area contributed by atoms with E-state index in [0.717, 1.165) is 17.1 Å². The fraction of sp³-hybridized carbons (Fsp3) is 0.364. The fourth-order valence-electron chi connectivity index (χ4n) is 2.47. The predicted molar refractivity (Wildman–Crippen MR) is 115 cm³/mol. The van der Waals surface area contributed by atoms with E-state index in [4.69, 9.17) is 9.47 Å². The Kier molecular flexibility index (Phi) is 9.35. The number of aliphatic imine (C=N–C) groups is 1. The van der Waals surface area contributed by atoms with E-state index in [-0.39, 0.29) is 12.5 Å².